The van der Waals surface area contributed by atoms with E-state index in [9.17, 15) is 18.3 Å². The van der Waals surface area contributed by atoms with Gasteiger partial charge in [0.25, 0.3) is 0 Å². The van der Waals surface area contributed by atoms with Crippen LogP contribution in [0.3, 0.4) is 0 Å². The topological polar surface area (TPSA) is 96.6 Å². The molecule has 1 atom stereocenters. The van der Waals surface area contributed by atoms with Crippen molar-refractivity contribution in [3.63, 3.8) is 0 Å². The molecule has 7 heteroatoms. The van der Waals surface area contributed by atoms with Crippen LogP contribution >= 0.6 is 0 Å². The number of carboxylic acids is 1. The van der Waals surface area contributed by atoms with Crippen LogP contribution in [0.15, 0.2) is 57.8 Å². The summed E-state index contributed by atoms with van der Waals surface area (Å²) < 4.78 is 33.9. The quantitative estimate of drug-likeness (QED) is 0.565. The summed E-state index contributed by atoms with van der Waals surface area (Å²) in [5.41, 5.74) is 2.80. The number of furan rings is 1. The van der Waals surface area contributed by atoms with E-state index in [0.29, 0.717) is 18.4 Å². The molecule has 0 aliphatic heterocycles. The highest BCUT2D eigenvalue weighted by Gasteiger charge is 2.26. The second-order valence-electron chi connectivity index (χ2n) is 7.76. The van der Waals surface area contributed by atoms with Gasteiger partial charge >= 0.3 is 5.97 Å². The molecule has 0 saturated carbocycles. The molecule has 158 valence electrons. The van der Waals surface area contributed by atoms with E-state index in [0.717, 1.165) is 48.0 Å². The van der Waals surface area contributed by atoms with Crippen LogP contribution in [-0.2, 0) is 34.1 Å². The van der Waals surface area contributed by atoms with Crippen molar-refractivity contribution in [3.05, 3.63) is 65.4 Å². The maximum atomic E-state index is 12.9. The SMILES string of the molecule is O=C(O)[C@H](CCCc1ccccc1)NS(=O)(=O)c1ccc2c3c(oc2c1)CCCC3. The molecule has 0 radical (unpaired) electrons. The first-order valence-corrected chi connectivity index (χ1v) is 11.8. The van der Waals surface area contributed by atoms with E-state index >= 15 is 0 Å². The highest BCUT2D eigenvalue weighted by Crippen LogP contribution is 2.33. The number of rotatable bonds is 8. The van der Waals surface area contributed by atoms with E-state index in [1.165, 1.54) is 12.1 Å². The molecule has 30 heavy (non-hydrogen) atoms. The molecule has 0 saturated heterocycles. The van der Waals surface area contributed by atoms with Gasteiger partial charge in [-0.3, -0.25) is 4.79 Å². The Labute approximate surface area is 176 Å². The predicted molar refractivity (Wildman–Crippen MR) is 114 cm³/mol. The van der Waals surface area contributed by atoms with Crippen molar-refractivity contribution in [2.75, 3.05) is 0 Å². The van der Waals surface area contributed by atoms with Crippen LogP contribution in [0.4, 0.5) is 0 Å². The fourth-order valence-electron chi connectivity index (χ4n) is 4.05. The van der Waals surface area contributed by atoms with E-state index in [1.54, 1.807) is 6.07 Å². The minimum atomic E-state index is -3.98. The molecular weight excluding hydrogens is 402 g/mol. The van der Waals surface area contributed by atoms with Gasteiger partial charge in [0.1, 0.15) is 17.4 Å². The Balaban J connectivity index is 1.49. The number of aliphatic carboxylic acids is 1. The zero-order chi connectivity index (χ0) is 21.1. The van der Waals surface area contributed by atoms with Crippen LogP contribution in [-0.4, -0.2) is 25.5 Å². The zero-order valence-corrected chi connectivity index (χ0v) is 17.5. The van der Waals surface area contributed by atoms with Gasteiger partial charge in [-0.05, 0) is 56.2 Å². The smallest absolute Gasteiger partial charge is 0.321 e. The summed E-state index contributed by atoms with van der Waals surface area (Å²) in [5, 5.41) is 10.5. The van der Waals surface area contributed by atoms with E-state index in [2.05, 4.69) is 4.72 Å². The Hall–Kier alpha value is -2.64. The average Bonchev–Trinajstić information content (AvgIpc) is 3.11. The molecule has 0 unspecified atom stereocenters. The first kappa shape index (κ1) is 20.6. The third kappa shape index (κ3) is 4.42. The molecule has 1 aliphatic rings. The zero-order valence-electron chi connectivity index (χ0n) is 16.6. The fraction of sp³-hybridized carbons (Fsp3) is 0.348. The highest BCUT2D eigenvalue weighted by molar-refractivity contribution is 7.89. The van der Waals surface area contributed by atoms with E-state index in [-0.39, 0.29) is 11.3 Å². The lowest BCUT2D eigenvalue weighted by molar-refractivity contribution is -0.139. The second-order valence-corrected chi connectivity index (χ2v) is 9.47. The summed E-state index contributed by atoms with van der Waals surface area (Å²) in [5.74, 6) is -0.246. The number of fused-ring (bicyclic) bond motifs is 3. The molecule has 0 bridgehead atoms. The Bertz CT molecular complexity index is 1150. The molecule has 1 aromatic heterocycles. The van der Waals surface area contributed by atoms with Gasteiger partial charge in [-0.25, -0.2) is 8.42 Å². The maximum Gasteiger partial charge on any atom is 0.321 e. The van der Waals surface area contributed by atoms with Crippen LogP contribution in [0.5, 0.6) is 0 Å². The van der Waals surface area contributed by atoms with Crippen LogP contribution in [0, 0.1) is 0 Å². The van der Waals surface area contributed by atoms with Crippen LogP contribution in [0.2, 0.25) is 0 Å². The van der Waals surface area contributed by atoms with Gasteiger partial charge in [0.2, 0.25) is 10.0 Å². The molecule has 0 spiro atoms. The number of sulfonamides is 1. The normalized spacial score (nSPS) is 15.1. The van der Waals surface area contributed by atoms with Crippen molar-refractivity contribution in [1.82, 2.24) is 4.72 Å². The Morgan fingerprint density at radius 2 is 1.87 bits per heavy atom. The van der Waals surface area contributed by atoms with Crippen LogP contribution in [0.1, 0.15) is 42.6 Å². The lowest BCUT2D eigenvalue weighted by Gasteiger charge is -2.15. The number of hydrogen-bond acceptors (Lipinski definition) is 4. The van der Waals surface area contributed by atoms with Crippen LogP contribution in [0.25, 0.3) is 11.0 Å². The van der Waals surface area contributed by atoms with Gasteiger partial charge in [-0.1, -0.05) is 30.3 Å². The summed E-state index contributed by atoms with van der Waals surface area (Å²) in [4.78, 5) is 11.7. The van der Waals surface area contributed by atoms with Crippen molar-refractivity contribution in [2.24, 2.45) is 0 Å². The first-order valence-electron chi connectivity index (χ1n) is 10.3. The van der Waals surface area contributed by atoms with Gasteiger partial charge in [-0.15, -0.1) is 0 Å². The summed E-state index contributed by atoms with van der Waals surface area (Å²) >= 11 is 0. The monoisotopic (exact) mass is 427 g/mol. The number of hydrogen-bond donors (Lipinski definition) is 2. The van der Waals surface area contributed by atoms with Crippen molar-refractivity contribution < 1.29 is 22.7 Å². The second kappa shape index (κ2) is 8.62. The first-order chi connectivity index (χ1) is 14.4. The predicted octanol–water partition coefficient (Wildman–Crippen LogP) is 4.07. The molecule has 2 N–H and O–H groups in total. The van der Waals surface area contributed by atoms with Gasteiger partial charge < -0.3 is 9.52 Å². The molecule has 0 fully saturated rings. The molecular formula is C23H25NO5S. The number of nitrogens with one attached hydrogen (secondary N) is 1. The Morgan fingerprint density at radius 1 is 1.10 bits per heavy atom. The molecule has 3 aromatic rings. The van der Waals surface area contributed by atoms with Crippen molar-refractivity contribution in [3.8, 4) is 0 Å². The molecule has 1 aliphatic carbocycles. The lowest BCUT2D eigenvalue weighted by Crippen LogP contribution is -2.40. The molecule has 6 nitrogen and oxygen atoms in total. The summed E-state index contributed by atoms with van der Waals surface area (Å²) in [6, 6.07) is 13.3. The third-order valence-electron chi connectivity index (χ3n) is 5.64. The average molecular weight is 428 g/mol. The summed E-state index contributed by atoms with van der Waals surface area (Å²) in [7, 11) is -3.98. The minimum absolute atomic E-state index is 0.0235. The van der Waals surface area contributed by atoms with Crippen molar-refractivity contribution in [1.29, 1.82) is 0 Å². The molecule has 1 heterocycles. The fourth-order valence-corrected chi connectivity index (χ4v) is 5.29. The van der Waals surface area contributed by atoms with E-state index < -0.39 is 22.0 Å². The molecule has 2 aromatic carbocycles. The Morgan fingerprint density at radius 3 is 2.63 bits per heavy atom. The number of aryl methyl sites for hydroxylation is 3. The van der Waals surface area contributed by atoms with Gasteiger partial charge in [0.05, 0.1) is 4.90 Å². The standard InChI is InChI=1S/C23H25NO5S/c25-23(26)20(11-6-9-16-7-2-1-3-8-16)24-30(27,28)17-13-14-19-18-10-4-5-12-21(18)29-22(19)15-17/h1-3,7-8,13-15,20,24H,4-6,9-12H2,(H,25,26)/t20-/m0/s1. The van der Waals surface area contributed by atoms with Gasteiger partial charge in [-0.2, -0.15) is 4.72 Å². The third-order valence-corrected chi connectivity index (χ3v) is 7.10. The molecule has 4 rings (SSSR count). The number of carbonyl (C=O) groups is 1. The largest absolute Gasteiger partial charge is 0.480 e. The van der Waals surface area contributed by atoms with Gasteiger partial charge in [0, 0.05) is 23.4 Å². The van der Waals surface area contributed by atoms with Crippen LogP contribution < -0.4 is 4.72 Å². The minimum Gasteiger partial charge on any atom is -0.480 e. The number of benzene rings is 2. The summed E-state index contributed by atoms with van der Waals surface area (Å²) in [6.07, 6.45) is 5.45. The Kier molecular flexibility index (Phi) is 5.92. The van der Waals surface area contributed by atoms with E-state index in [4.69, 9.17) is 4.42 Å². The lowest BCUT2D eigenvalue weighted by atomic mass is 9.96. The summed E-state index contributed by atoms with van der Waals surface area (Å²) in [6.45, 7) is 0. The van der Waals surface area contributed by atoms with Crippen molar-refractivity contribution >= 4 is 27.0 Å². The highest BCUT2D eigenvalue weighted by atomic mass is 32.2. The van der Waals surface area contributed by atoms with Crippen molar-refractivity contribution in [2.45, 2.75) is 55.9 Å². The van der Waals surface area contributed by atoms with Gasteiger partial charge in [0.15, 0.2) is 0 Å². The maximum absolute atomic E-state index is 12.9. The van der Waals surface area contributed by atoms with E-state index in [1.807, 2.05) is 30.3 Å². The number of carboxylic acid groups (broad SMARTS) is 1. The molecule has 0 amide bonds.